The Hall–Kier alpha value is -2.41. The Balaban J connectivity index is 1.50. The molecule has 0 atom stereocenters. The summed E-state index contributed by atoms with van der Waals surface area (Å²) in [5.74, 6) is -0.252. The summed E-state index contributed by atoms with van der Waals surface area (Å²) in [6.07, 6.45) is 4.68. The minimum atomic E-state index is -0.252. The van der Waals surface area contributed by atoms with Gasteiger partial charge in [0.2, 0.25) is 0 Å². The molecule has 1 amide bonds. The maximum absolute atomic E-state index is 12.8. The summed E-state index contributed by atoms with van der Waals surface area (Å²) in [7, 11) is 0. The van der Waals surface area contributed by atoms with Crippen molar-refractivity contribution in [1.29, 1.82) is 0 Å². The summed E-state index contributed by atoms with van der Waals surface area (Å²) in [6, 6.07) is 7.67. The number of fused-ring (bicyclic) bond motifs is 1. The monoisotopic (exact) mass is 426 g/mol. The maximum Gasteiger partial charge on any atom is 0.258 e. The summed E-state index contributed by atoms with van der Waals surface area (Å²) >= 11 is 6.67. The van der Waals surface area contributed by atoms with Gasteiger partial charge in [-0.2, -0.15) is 0 Å². The SMILES string of the molecule is Cc1ccc(NC(=O)c2cnc3c(c(C)cn3CCCN3CCOCC3)c2Cl)cc1. The van der Waals surface area contributed by atoms with E-state index in [1.807, 2.05) is 38.1 Å². The first-order chi connectivity index (χ1) is 14.5. The summed E-state index contributed by atoms with van der Waals surface area (Å²) in [5, 5.41) is 4.20. The number of benzene rings is 1. The zero-order chi connectivity index (χ0) is 21.1. The van der Waals surface area contributed by atoms with Crippen LogP contribution in [0.4, 0.5) is 5.69 Å². The third kappa shape index (κ3) is 4.51. The van der Waals surface area contributed by atoms with Crippen LogP contribution in [0.1, 0.15) is 27.9 Å². The van der Waals surface area contributed by atoms with Crippen molar-refractivity contribution in [3.8, 4) is 0 Å². The van der Waals surface area contributed by atoms with Crippen molar-refractivity contribution >= 4 is 34.2 Å². The van der Waals surface area contributed by atoms with Crippen LogP contribution < -0.4 is 5.32 Å². The van der Waals surface area contributed by atoms with E-state index in [4.69, 9.17) is 16.3 Å². The number of nitrogens with zero attached hydrogens (tertiary/aromatic N) is 3. The van der Waals surface area contributed by atoms with Crippen molar-refractivity contribution in [1.82, 2.24) is 14.5 Å². The quantitative estimate of drug-likeness (QED) is 0.639. The van der Waals surface area contributed by atoms with Gasteiger partial charge < -0.3 is 14.6 Å². The number of amides is 1. The number of carbonyl (C=O) groups excluding carboxylic acids is 1. The van der Waals surface area contributed by atoms with Crippen molar-refractivity contribution in [3.63, 3.8) is 0 Å². The summed E-state index contributed by atoms with van der Waals surface area (Å²) < 4.78 is 7.54. The number of morpholine rings is 1. The molecular formula is C23H27ClN4O2. The van der Waals surface area contributed by atoms with Crippen LogP contribution in [0, 0.1) is 13.8 Å². The van der Waals surface area contributed by atoms with Gasteiger partial charge in [0.05, 0.1) is 23.8 Å². The molecule has 1 fully saturated rings. The van der Waals surface area contributed by atoms with E-state index in [0.29, 0.717) is 10.6 Å². The molecule has 0 saturated carbocycles. The molecule has 30 heavy (non-hydrogen) atoms. The lowest BCUT2D eigenvalue weighted by atomic mass is 10.1. The predicted molar refractivity (Wildman–Crippen MR) is 120 cm³/mol. The van der Waals surface area contributed by atoms with Crippen LogP contribution in [-0.2, 0) is 11.3 Å². The topological polar surface area (TPSA) is 59.4 Å². The van der Waals surface area contributed by atoms with Crippen molar-refractivity contribution in [3.05, 3.63) is 58.4 Å². The minimum absolute atomic E-state index is 0.252. The molecule has 1 aliphatic heterocycles. The fraction of sp³-hybridized carbons (Fsp3) is 0.391. The molecule has 0 unspecified atom stereocenters. The van der Waals surface area contributed by atoms with Crippen molar-refractivity contribution < 1.29 is 9.53 Å². The van der Waals surface area contributed by atoms with E-state index in [2.05, 4.69) is 26.0 Å². The van der Waals surface area contributed by atoms with Crippen LogP contribution in [-0.4, -0.2) is 53.2 Å². The molecule has 2 aromatic heterocycles. The number of nitrogens with one attached hydrogen (secondary N) is 1. The molecule has 0 spiro atoms. The second kappa shape index (κ2) is 9.16. The Morgan fingerprint density at radius 3 is 2.63 bits per heavy atom. The number of aryl methyl sites for hydroxylation is 3. The molecule has 3 heterocycles. The molecule has 1 N–H and O–H groups in total. The summed E-state index contributed by atoms with van der Waals surface area (Å²) in [5.41, 5.74) is 4.11. The molecule has 4 rings (SSSR count). The molecule has 1 aliphatic rings. The Labute approximate surface area is 181 Å². The fourth-order valence-corrected chi connectivity index (χ4v) is 4.23. The van der Waals surface area contributed by atoms with Gasteiger partial charge in [0.15, 0.2) is 0 Å². The van der Waals surface area contributed by atoms with E-state index in [1.165, 1.54) is 0 Å². The highest BCUT2D eigenvalue weighted by atomic mass is 35.5. The second-order valence-corrected chi connectivity index (χ2v) is 8.20. The largest absolute Gasteiger partial charge is 0.379 e. The maximum atomic E-state index is 12.8. The van der Waals surface area contributed by atoms with Crippen LogP contribution in [0.5, 0.6) is 0 Å². The molecule has 3 aromatic rings. The molecule has 158 valence electrons. The van der Waals surface area contributed by atoms with Gasteiger partial charge in [-0.15, -0.1) is 0 Å². The number of hydrogen-bond donors (Lipinski definition) is 1. The first kappa shape index (κ1) is 20.8. The highest BCUT2D eigenvalue weighted by molar-refractivity contribution is 6.39. The zero-order valence-corrected chi connectivity index (χ0v) is 18.2. The molecule has 0 radical (unpaired) electrons. The van der Waals surface area contributed by atoms with Crippen LogP contribution in [0.15, 0.2) is 36.7 Å². The average Bonchev–Trinajstić information content (AvgIpc) is 3.07. The Morgan fingerprint density at radius 1 is 1.17 bits per heavy atom. The average molecular weight is 427 g/mol. The summed E-state index contributed by atoms with van der Waals surface area (Å²) in [4.78, 5) is 19.8. The van der Waals surface area contributed by atoms with Gasteiger partial charge in [0.25, 0.3) is 5.91 Å². The van der Waals surface area contributed by atoms with Gasteiger partial charge in [-0.25, -0.2) is 4.98 Å². The number of aromatic nitrogens is 2. The summed E-state index contributed by atoms with van der Waals surface area (Å²) in [6.45, 7) is 9.54. The number of halogens is 1. The highest BCUT2D eigenvalue weighted by Gasteiger charge is 2.19. The van der Waals surface area contributed by atoms with Gasteiger partial charge in [-0.05, 0) is 38.0 Å². The van der Waals surface area contributed by atoms with Crippen LogP contribution in [0.25, 0.3) is 11.0 Å². The van der Waals surface area contributed by atoms with E-state index >= 15 is 0 Å². The van der Waals surface area contributed by atoms with E-state index in [1.54, 1.807) is 6.20 Å². The number of carbonyl (C=O) groups is 1. The molecular weight excluding hydrogens is 400 g/mol. The smallest absolute Gasteiger partial charge is 0.258 e. The fourth-order valence-electron chi connectivity index (χ4n) is 3.86. The van der Waals surface area contributed by atoms with Gasteiger partial charge in [-0.1, -0.05) is 29.3 Å². The second-order valence-electron chi connectivity index (χ2n) is 7.82. The molecule has 0 aliphatic carbocycles. The lowest BCUT2D eigenvalue weighted by molar-refractivity contribution is 0.0369. The lowest BCUT2D eigenvalue weighted by Gasteiger charge is -2.26. The number of hydrogen-bond acceptors (Lipinski definition) is 4. The normalized spacial score (nSPS) is 14.9. The van der Waals surface area contributed by atoms with Crippen molar-refractivity contribution in [2.24, 2.45) is 0 Å². The number of rotatable bonds is 6. The van der Waals surface area contributed by atoms with Crippen molar-refractivity contribution in [2.45, 2.75) is 26.8 Å². The molecule has 0 bridgehead atoms. The van der Waals surface area contributed by atoms with E-state index in [9.17, 15) is 4.79 Å². The number of anilines is 1. The first-order valence-corrected chi connectivity index (χ1v) is 10.7. The predicted octanol–water partition coefficient (Wildman–Crippen LogP) is 4.28. The first-order valence-electron chi connectivity index (χ1n) is 10.3. The van der Waals surface area contributed by atoms with E-state index in [0.717, 1.165) is 73.7 Å². The Bertz CT molecular complexity index is 1040. The molecule has 1 saturated heterocycles. The van der Waals surface area contributed by atoms with Gasteiger partial charge in [0, 0.05) is 49.6 Å². The van der Waals surface area contributed by atoms with Gasteiger partial charge >= 0.3 is 0 Å². The highest BCUT2D eigenvalue weighted by Crippen LogP contribution is 2.30. The van der Waals surface area contributed by atoms with E-state index in [-0.39, 0.29) is 5.91 Å². The molecule has 6 nitrogen and oxygen atoms in total. The zero-order valence-electron chi connectivity index (χ0n) is 17.4. The Morgan fingerprint density at radius 2 is 1.90 bits per heavy atom. The van der Waals surface area contributed by atoms with Crippen LogP contribution in [0.3, 0.4) is 0 Å². The minimum Gasteiger partial charge on any atom is -0.379 e. The molecule has 7 heteroatoms. The van der Waals surface area contributed by atoms with Gasteiger partial charge in [0.1, 0.15) is 5.65 Å². The van der Waals surface area contributed by atoms with Crippen LogP contribution in [0.2, 0.25) is 5.02 Å². The third-order valence-corrected chi connectivity index (χ3v) is 5.94. The van der Waals surface area contributed by atoms with Crippen LogP contribution >= 0.6 is 11.6 Å². The Kier molecular flexibility index (Phi) is 6.37. The van der Waals surface area contributed by atoms with Gasteiger partial charge in [-0.3, -0.25) is 9.69 Å². The standard InChI is InChI=1S/C23H27ClN4O2/c1-16-4-6-18(7-5-16)26-23(29)19-14-25-22-20(21(19)24)17(2)15-28(22)9-3-8-27-10-12-30-13-11-27/h4-7,14-15H,3,8-13H2,1-2H3,(H,26,29). The van der Waals surface area contributed by atoms with Crippen molar-refractivity contribution in [2.75, 3.05) is 38.2 Å². The molecule has 1 aromatic carbocycles. The number of pyridine rings is 1. The van der Waals surface area contributed by atoms with E-state index < -0.39 is 0 Å². The third-order valence-electron chi connectivity index (χ3n) is 5.54. The number of ether oxygens (including phenoxy) is 1. The lowest BCUT2D eigenvalue weighted by Crippen LogP contribution is -2.37.